The number of pyridine rings is 1. The predicted molar refractivity (Wildman–Crippen MR) is 96.2 cm³/mol. The molecule has 5 rings (SSSR count). The summed E-state index contributed by atoms with van der Waals surface area (Å²) in [4.78, 5) is 11.6. The average molecular weight is 352 g/mol. The molecule has 1 unspecified atom stereocenters. The van der Waals surface area contributed by atoms with E-state index < -0.39 is 0 Å². The smallest absolute Gasteiger partial charge is 0.159 e. The minimum atomic E-state index is -0.228. The Morgan fingerprint density at radius 1 is 1.15 bits per heavy atom. The lowest BCUT2D eigenvalue weighted by molar-refractivity contribution is 0.226. The lowest BCUT2D eigenvalue weighted by atomic mass is 10.2. The molecular formula is C20H21FN4O. The van der Waals surface area contributed by atoms with E-state index in [4.69, 9.17) is 9.72 Å². The molecule has 2 aromatic heterocycles. The van der Waals surface area contributed by atoms with Crippen molar-refractivity contribution in [1.29, 1.82) is 0 Å². The van der Waals surface area contributed by atoms with Crippen molar-refractivity contribution in [3.8, 4) is 5.75 Å². The van der Waals surface area contributed by atoms with E-state index in [1.54, 1.807) is 12.1 Å². The molecule has 3 aromatic rings. The largest absolute Gasteiger partial charge is 0.493 e. The molecule has 0 radical (unpaired) electrons. The van der Waals surface area contributed by atoms with Gasteiger partial charge in [-0.2, -0.15) is 0 Å². The van der Waals surface area contributed by atoms with E-state index in [-0.39, 0.29) is 5.82 Å². The van der Waals surface area contributed by atoms with Gasteiger partial charge in [-0.15, -0.1) is 0 Å². The van der Waals surface area contributed by atoms with E-state index >= 15 is 0 Å². The molecule has 2 fully saturated rings. The summed E-state index contributed by atoms with van der Waals surface area (Å²) in [6.07, 6.45) is 1.81. The van der Waals surface area contributed by atoms with E-state index in [0.29, 0.717) is 17.8 Å². The van der Waals surface area contributed by atoms with Crippen LogP contribution in [0.3, 0.4) is 0 Å². The molecule has 134 valence electrons. The fourth-order valence-corrected chi connectivity index (χ4v) is 4.25. The molecular weight excluding hydrogens is 331 g/mol. The SMILES string of the molecule is Cn1c(CN2C[C@@H]3C(COc4ccc(F)cc4)[C@@H]3C2)nc2cccnc21. The third kappa shape index (κ3) is 2.74. The Morgan fingerprint density at radius 3 is 2.65 bits per heavy atom. The number of hydrogen-bond donors (Lipinski definition) is 0. The number of benzene rings is 1. The van der Waals surface area contributed by atoms with Crippen LogP contribution >= 0.6 is 0 Å². The summed E-state index contributed by atoms with van der Waals surface area (Å²) in [5.41, 5.74) is 1.90. The monoisotopic (exact) mass is 352 g/mol. The van der Waals surface area contributed by atoms with Gasteiger partial charge in [0.1, 0.15) is 22.9 Å². The highest BCUT2D eigenvalue weighted by atomic mass is 19.1. The molecule has 3 heterocycles. The van der Waals surface area contributed by atoms with Crippen molar-refractivity contribution < 1.29 is 9.13 Å². The Balaban J connectivity index is 1.16. The summed E-state index contributed by atoms with van der Waals surface area (Å²) in [6.45, 7) is 3.79. The Bertz CT molecular complexity index is 927. The van der Waals surface area contributed by atoms with Crippen LogP contribution in [-0.2, 0) is 13.6 Å². The van der Waals surface area contributed by atoms with Crippen LogP contribution in [0, 0.1) is 23.6 Å². The fraction of sp³-hybridized carbons (Fsp3) is 0.400. The quantitative estimate of drug-likeness (QED) is 0.708. The lowest BCUT2D eigenvalue weighted by Crippen LogP contribution is -2.26. The minimum absolute atomic E-state index is 0.228. The third-order valence-corrected chi connectivity index (χ3v) is 5.79. The summed E-state index contributed by atoms with van der Waals surface area (Å²) in [7, 11) is 2.04. The first-order valence-electron chi connectivity index (χ1n) is 9.06. The molecule has 3 atom stereocenters. The first-order valence-corrected chi connectivity index (χ1v) is 9.06. The molecule has 0 bridgehead atoms. The van der Waals surface area contributed by atoms with Crippen LogP contribution in [0.2, 0.25) is 0 Å². The van der Waals surface area contributed by atoms with Crippen LogP contribution in [0.1, 0.15) is 5.82 Å². The number of fused-ring (bicyclic) bond motifs is 2. The molecule has 6 heteroatoms. The van der Waals surface area contributed by atoms with Gasteiger partial charge < -0.3 is 9.30 Å². The second kappa shape index (κ2) is 6.06. The number of halogens is 1. The van der Waals surface area contributed by atoms with Crippen LogP contribution in [0.4, 0.5) is 4.39 Å². The Kier molecular flexibility index (Phi) is 3.67. The summed E-state index contributed by atoms with van der Waals surface area (Å²) in [6, 6.07) is 10.2. The Labute approximate surface area is 151 Å². The van der Waals surface area contributed by atoms with Gasteiger partial charge in [-0.25, -0.2) is 14.4 Å². The molecule has 0 spiro atoms. The zero-order chi connectivity index (χ0) is 17.7. The maximum atomic E-state index is 12.9. The van der Waals surface area contributed by atoms with Crippen molar-refractivity contribution in [2.24, 2.45) is 24.8 Å². The summed E-state index contributed by atoms with van der Waals surface area (Å²) in [5.74, 6) is 3.64. The predicted octanol–water partition coefficient (Wildman–Crippen LogP) is 2.86. The number of imidazole rings is 1. The number of likely N-dealkylation sites (tertiary alicyclic amines) is 1. The maximum absolute atomic E-state index is 12.9. The van der Waals surface area contributed by atoms with Crippen molar-refractivity contribution in [2.45, 2.75) is 6.54 Å². The highest BCUT2D eigenvalue weighted by molar-refractivity contribution is 5.70. The number of aryl methyl sites for hydroxylation is 1. The van der Waals surface area contributed by atoms with Crippen molar-refractivity contribution in [3.05, 3.63) is 54.2 Å². The van der Waals surface area contributed by atoms with Gasteiger partial charge >= 0.3 is 0 Å². The van der Waals surface area contributed by atoms with Crippen LogP contribution < -0.4 is 4.74 Å². The number of hydrogen-bond acceptors (Lipinski definition) is 4. The van der Waals surface area contributed by atoms with Crippen LogP contribution in [-0.4, -0.2) is 39.1 Å². The topological polar surface area (TPSA) is 43.2 Å². The van der Waals surface area contributed by atoms with Gasteiger partial charge in [0.05, 0.1) is 13.2 Å². The Morgan fingerprint density at radius 2 is 1.92 bits per heavy atom. The molecule has 0 N–H and O–H groups in total. The van der Waals surface area contributed by atoms with Crippen molar-refractivity contribution >= 4 is 11.2 Å². The van der Waals surface area contributed by atoms with E-state index in [2.05, 4.69) is 14.5 Å². The number of nitrogens with zero attached hydrogens (tertiary/aromatic N) is 4. The second-order valence-electron chi connectivity index (χ2n) is 7.38. The van der Waals surface area contributed by atoms with E-state index in [1.165, 1.54) is 12.1 Å². The number of ether oxygens (including phenoxy) is 1. The number of aromatic nitrogens is 3. The molecule has 1 saturated heterocycles. The highest BCUT2D eigenvalue weighted by Gasteiger charge is 2.55. The van der Waals surface area contributed by atoms with Crippen LogP contribution in [0.5, 0.6) is 5.75 Å². The Hall–Kier alpha value is -2.47. The van der Waals surface area contributed by atoms with Gasteiger partial charge in [-0.1, -0.05) is 0 Å². The third-order valence-electron chi connectivity index (χ3n) is 5.79. The standard InChI is InChI=1S/C20H21FN4O/c1-24-19(23-18-3-2-8-22-20(18)24)11-25-9-15-16(10-25)17(15)12-26-14-6-4-13(21)5-7-14/h2-8,15-17H,9-12H2,1H3/t15-,16+,17?. The van der Waals surface area contributed by atoms with E-state index in [9.17, 15) is 4.39 Å². The molecule has 1 aliphatic carbocycles. The molecule has 0 amide bonds. The van der Waals surface area contributed by atoms with Gasteiger partial charge in [-0.05, 0) is 48.2 Å². The summed E-state index contributed by atoms with van der Waals surface area (Å²) >= 11 is 0. The van der Waals surface area contributed by atoms with Crippen LogP contribution in [0.15, 0.2) is 42.6 Å². The van der Waals surface area contributed by atoms with Crippen LogP contribution in [0.25, 0.3) is 11.2 Å². The molecule has 1 saturated carbocycles. The van der Waals surface area contributed by atoms with E-state index in [0.717, 1.165) is 49.0 Å². The molecule has 2 aliphatic rings. The summed E-state index contributed by atoms with van der Waals surface area (Å²) < 4.78 is 20.8. The van der Waals surface area contributed by atoms with E-state index in [1.807, 2.05) is 25.4 Å². The highest BCUT2D eigenvalue weighted by Crippen LogP contribution is 2.52. The normalized spacial score (nSPS) is 24.8. The molecule has 26 heavy (non-hydrogen) atoms. The van der Waals surface area contributed by atoms with Gasteiger partial charge in [0.25, 0.3) is 0 Å². The molecule has 1 aromatic carbocycles. The van der Waals surface area contributed by atoms with Gasteiger partial charge in [0.2, 0.25) is 0 Å². The van der Waals surface area contributed by atoms with Crippen molar-refractivity contribution in [2.75, 3.05) is 19.7 Å². The zero-order valence-electron chi connectivity index (χ0n) is 14.7. The minimum Gasteiger partial charge on any atom is -0.493 e. The fourth-order valence-electron chi connectivity index (χ4n) is 4.25. The number of piperidine rings is 1. The average Bonchev–Trinajstić information content (AvgIpc) is 2.98. The summed E-state index contributed by atoms with van der Waals surface area (Å²) in [5, 5.41) is 0. The van der Waals surface area contributed by atoms with Gasteiger partial charge in [-0.3, -0.25) is 4.90 Å². The second-order valence-corrected chi connectivity index (χ2v) is 7.38. The van der Waals surface area contributed by atoms with Crippen molar-refractivity contribution in [1.82, 2.24) is 19.4 Å². The lowest BCUT2D eigenvalue weighted by Gasteiger charge is -2.19. The van der Waals surface area contributed by atoms with Gasteiger partial charge in [0.15, 0.2) is 5.65 Å². The molecule has 5 nitrogen and oxygen atoms in total. The first-order chi connectivity index (χ1) is 12.7. The zero-order valence-corrected chi connectivity index (χ0v) is 14.7. The first kappa shape index (κ1) is 15.8. The van der Waals surface area contributed by atoms with Gasteiger partial charge in [0, 0.05) is 32.3 Å². The van der Waals surface area contributed by atoms with Crippen molar-refractivity contribution in [3.63, 3.8) is 0 Å². The molecule has 1 aliphatic heterocycles. The number of rotatable bonds is 5. The maximum Gasteiger partial charge on any atom is 0.159 e.